The lowest BCUT2D eigenvalue weighted by Crippen LogP contribution is -2.27. The predicted molar refractivity (Wildman–Crippen MR) is 219 cm³/mol. The van der Waals surface area contributed by atoms with Crippen molar-refractivity contribution in [3.8, 4) is 0 Å². The number of unbranched alkanes of at least 4 members (excludes halogenated alkanes) is 23. The lowest BCUT2D eigenvalue weighted by atomic mass is 9.89. The molecule has 0 bridgehead atoms. The van der Waals surface area contributed by atoms with Gasteiger partial charge in [0.15, 0.2) is 0 Å². The van der Waals surface area contributed by atoms with Crippen LogP contribution >= 0.6 is 0 Å². The summed E-state index contributed by atoms with van der Waals surface area (Å²) in [5.41, 5.74) is 0. The summed E-state index contributed by atoms with van der Waals surface area (Å²) in [6, 6.07) is 0. The van der Waals surface area contributed by atoms with E-state index in [1.165, 1.54) is 238 Å². The number of hydrogen-bond acceptors (Lipinski definition) is 2. The van der Waals surface area contributed by atoms with E-state index in [9.17, 15) is 5.11 Å². The first-order valence-electron chi connectivity index (χ1n) is 23.0. The second-order valence-electron chi connectivity index (χ2n) is 16.2. The summed E-state index contributed by atoms with van der Waals surface area (Å²) in [4.78, 5) is 2.67. The molecule has 0 amide bonds. The molecule has 0 fully saturated rings. The Hall–Kier alpha value is -0.0800. The average molecular weight is 678 g/mol. The lowest BCUT2D eigenvalue weighted by Gasteiger charge is -2.22. The molecule has 0 radical (unpaired) electrons. The fourth-order valence-corrected chi connectivity index (χ4v) is 8.14. The number of rotatable bonds is 42. The summed E-state index contributed by atoms with van der Waals surface area (Å²) >= 11 is 0. The Morgan fingerprint density at radius 1 is 0.292 bits per heavy atom. The van der Waals surface area contributed by atoms with Crippen LogP contribution in [0, 0.1) is 11.8 Å². The number of nitrogens with zero attached hydrogens (tertiary/aromatic N) is 1. The molecule has 0 spiro atoms. The molecule has 0 aliphatic carbocycles. The van der Waals surface area contributed by atoms with E-state index >= 15 is 0 Å². The van der Waals surface area contributed by atoms with Crippen molar-refractivity contribution in [3.05, 3.63) is 0 Å². The van der Waals surface area contributed by atoms with Crippen LogP contribution in [0.4, 0.5) is 0 Å². The van der Waals surface area contributed by atoms with E-state index in [0.29, 0.717) is 6.61 Å². The smallest absolute Gasteiger partial charge is 0.0443 e. The average Bonchev–Trinajstić information content (AvgIpc) is 3.09. The molecule has 0 saturated heterocycles. The van der Waals surface area contributed by atoms with Crippen molar-refractivity contribution >= 4 is 0 Å². The van der Waals surface area contributed by atoms with Gasteiger partial charge in [-0.1, -0.05) is 240 Å². The molecule has 1 N–H and O–H groups in total. The first-order valence-corrected chi connectivity index (χ1v) is 23.0. The summed E-state index contributed by atoms with van der Waals surface area (Å²) in [7, 11) is 0. The van der Waals surface area contributed by atoms with Gasteiger partial charge in [0.25, 0.3) is 0 Å². The number of hydrogen-bond donors (Lipinski definition) is 1. The summed E-state index contributed by atoms with van der Waals surface area (Å²) in [5, 5.41) is 9.46. The Kier molecular flexibility index (Phi) is 41.3. The van der Waals surface area contributed by atoms with Crippen molar-refractivity contribution in [2.24, 2.45) is 11.8 Å². The van der Waals surface area contributed by atoms with Gasteiger partial charge < -0.3 is 10.0 Å². The zero-order valence-corrected chi connectivity index (χ0v) is 34.3. The van der Waals surface area contributed by atoms with Crippen molar-refractivity contribution in [3.63, 3.8) is 0 Å². The molecule has 290 valence electrons. The van der Waals surface area contributed by atoms with E-state index in [2.05, 4.69) is 32.6 Å². The molecule has 0 aromatic heterocycles. The molecule has 1 atom stereocenters. The van der Waals surface area contributed by atoms with Crippen LogP contribution in [0.25, 0.3) is 0 Å². The summed E-state index contributed by atoms with van der Waals surface area (Å²) in [5.74, 6) is 1.99. The molecule has 0 heterocycles. The summed E-state index contributed by atoms with van der Waals surface area (Å²) < 4.78 is 0. The van der Waals surface area contributed by atoms with Crippen LogP contribution < -0.4 is 0 Å². The monoisotopic (exact) mass is 678 g/mol. The molecule has 1 unspecified atom stereocenters. The molecule has 0 saturated carbocycles. The Balaban J connectivity index is 4.10. The SMILES string of the molecule is CCCCCCCCC(CCC)CCCCCCCN(CCCO)CCCCCCCC(CCCCCCCC)CCCCCCCC. The Morgan fingerprint density at radius 2 is 0.562 bits per heavy atom. The van der Waals surface area contributed by atoms with Crippen molar-refractivity contribution in [2.45, 2.75) is 259 Å². The highest BCUT2D eigenvalue weighted by Gasteiger charge is 2.10. The molecule has 0 aromatic rings. The first kappa shape index (κ1) is 47.9. The largest absolute Gasteiger partial charge is 0.396 e. The minimum atomic E-state index is 0.340. The van der Waals surface area contributed by atoms with E-state index in [-0.39, 0.29) is 0 Å². The molecule has 0 rings (SSSR count). The van der Waals surface area contributed by atoms with Gasteiger partial charge in [-0.15, -0.1) is 0 Å². The number of aliphatic hydroxyl groups excluding tert-OH is 1. The zero-order chi connectivity index (χ0) is 35.0. The van der Waals surface area contributed by atoms with Gasteiger partial charge >= 0.3 is 0 Å². The van der Waals surface area contributed by atoms with Crippen LogP contribution in [-0.2, 0) is 0 Å². The third kappa shape index (κ3) is 35.7. The zero-order valence-electron chi connectivity index (χ0n) is 34.3. The van der Waals surface area contributed by atoms with E-state index in [1.807, 2.05) is 0 Å². The molecule has 0 aliphatic rings. The van der Waals surface area contributed by atoms with Gasteiger partial charge in [-0.3, -0.25) is 0 Å². The van der Waals surface area contributed by atoms with E-state index in [1.54, 1.807) is 0 Å². The van der Waals surface area contributed by atoms with Crippen LogP contribution in [-0.4, -0.2) is 36.2 Å². The second kappa shape index (κ2) is 41.3. The van der Waals surface area contributed by atoms with E-state index in [0.717, 1.165) is 24.8 Å². The van der Waals surface area contributed by atoms with Crippen molar-refractivity contribution < 1.29 is 5.11 Å². The third-order valence-electron chi connectivity index (χ3n) is 11.4. The van der Waals surface area contributed by atoms with Gasteiger partial charge in [0, 0.05) is 13.2 Å². The number of aliphatic hydroxyl groups is 1. The van der Waals surface area contributed by atoms with Gasteiger partial charge in [0.2, 0.25) is 0 Å². The molecule has 2 nitrogen and oxygen atoms in total. The van der Waals surface area contributed by atoms with Gasteiger partial charge in [-0.05, 0) is 44.2 Å². The quantitative estimate of drug-likeness (QED) is 0.0650. The van der Waals surface area contributed by atoms with Crippen LogP contribution in [0.5, 0.6) is 0 Å². The van der Waals surface area contributed by atoms with E-state index < -0.39 is 0 Å². The standard InChI is InChI=1S/C46H95NO/c1-5-9-12-15-20-27-36-45(35-8-4)37-28-23-18-25-32-41-47(43-34-44-48)42-33-26-19-24-31-40-46(38-29-21-16-13-10-6-2)39-30-22-17-14-11-7-3/h45-46,48H,5-44H2,1-4H3. The Morgan fingerprint density at radius 3 is 0.875 bits per heavy atom. The molecular formula is C46H95NO. The minimum Gasteiger partial charge on any atom is -0.396 e. The maximum Gasteiger partial charge on any atom is 0.0443 e. The van der Waals surface area contributed by atoms with Crippen LogP contribution in [0.1, 0.15) is 259 Å². The van der Waals surface area contributed by atoms with Gasteiger partial charge in [-0.2, -0.15) is 0 Å². The maximum atomic E-state index is 9.46. The predicted octanol–water partition coefficient (Wildman–Crippen LogP) is 15.6. The van der Waals surface area contributed by atoms with Crippen LogP contribution in [0.3, 0.4) is 0 Å². The summed E-state index contributed by atoms with van der Waals surface area (Å²) in [6.07, 6.45) is 51.3. The second-order valence-corrected chi connectivity index (χ2v) is 16.2. The van der Waals surface area contributed by atoms with Crippen molar-refractivity contribution in [1.82, 2.24) is 4.90 Å². The van der Waals surface area contributed by atoms with Gasteiger partial charge in [0.05, 0.1) is 0 Å². The Bertz CT molecular complexity index is 548. The highest BCUT2D eigenvalue weighted by Crippen LogP contribution is 2.25. The molecule has 48 heavy (non-hydrogen) atoms. The van der Waals surface area contributed by atoms with Crippen LogP contribution in [0.15, 0.2) is 0 Å². The topological polar surface area (TPSA) is 23.5 Å². The summed E-state index contributed by atoms with van der Waals surface area (Å²) in [6.45, 7) is 13.3. The van der Waals surface area contributed by atoms with E-state index in [4.69, 9.17) is 0 Å². The maximum absolute atomic E-state index is 9.46. The highest BCUT2D eigenvalue weighted by atomic mass is 16.3. The third-order valence-corrected chi connectivity index (χ3v) is 11.4. The normalized spacial score (nSPS) is 12.6. The van der Waals surface area contributed by atoms with Gasteiger partial charge in [0.1, 0.15) is 0 Å². The molecule has 0 aromatic carbocycles. The lowest BCUT2D eigenvalue weighted by molar-refractivity contribution is 0.217. The van der Waals surface area contributed by atoms with Crippen molar-refractivity contribution in [2.75, 3.05) is 26.2 Å². The first-order chi connectivity index (χ1) is 23.7. The molecular weight excluding hydrogens is 583 g/mol. The van der Waals surface area contributed by atoms with Gasteiger partial charge in [-0.25, -0.2) is 0 Å². The fourth-order valence-electron chi connectivity index (χ4n) is 8.14. The van der Waals surface area contributed by atoms with Crippen LogP contribution in [0.2, 0.25) is 0 Å². The fraction of sp³-hybridized carbons (Fsp3) is 1.00. The molecule has 0 aliphatic heterocycles. The highest BCUT2D eigenvalue weighted by molar-refractivity contribution is 4.64. The minimum absolute atomic E-state index is 0.340. The Labute approximate surface area is 306 Å². The van der Waals surface area contributed by atoms with Crippen molar-refractivity contribution in [1.29, 1.82) is 0 Å². The molecule has 2 heteroatoms.